The van der Waals surface area contributed by atoms with Gasteiger partial charge in [-0.15, -0.1) is 0 Å². The smallest absolute Gasteiger partial charge is 0.149 e. The van der Waals surface area contributed by atoms with E-state index in [-0.39, 0.29) is 11.3 Å². The Morgan fingerprint density at radius 3 is 3.00 bits per heavy atom. The summed E-state index contributed by atoms with van der Waals surface area (Å²) in [7, 11) is 0. The lowest BCUT2D eigenvalue weighted by atomic mass is 9.80. The first-order chi connectivity index (χ1) is 5.64. The fourth-order valence-electron chi connectivity index (χ4n) is 2.30. The molecule has 0 heterocycles. The highest BCUT2D eigenvalue weighted by Gasteiger charge is 2.44. The van der Waals surface area contributed by atoms with Gasteiger partial charge in [0.15, 0.2) is 0 Å². The van der Waals surface area contributed by atoms with Crippen LogP contribution in [0.15, 0.2) is 23.8 Å². The van der Waals surface area contributed by atoms with Crippen molar-refractivity contribution in [2.45, 2.75) is 26.7 Å². The second-order valence-corrected chi connectivity index (χ2v) is 4.04. The monoisotopic (exact) mass is 162 g/mol. The Hall–Kier alpha value is -0.850. The van der Waals surface area contributed by atoms with Crippen LogP contribution < -0.4 is 0 Å². The van der Waals surface area contributed by atoms with Gasteiger partial charge in [-0.25, -0.2) is 0 Å². The van der Waals surface area contributed by atoms with Crippen molar-refractivity contribution in [1.82, 2.24) is 0 Å². The van der Waals surface area contributed by atoms with Gasteiger partial charge < -0.3 is 0 Å². The number of rotatable bonds is 0. The van der Waals surface area contributed by atoms with E-state index in [0.29, 0.717) is 5.78 Å². The molecule has 0 aliphatic heterocycles. The molecule has 0 spiro atoms. The summed E-state index contributed by atoms with van der Waals surface area (Å²) in [5.74, 6) is 0.619. The van der Waals surface area contributed by atoms with Gasteiger partial charge in [-0.2, -0.15) is 0 Å². The fourth-order valence-corrected chi connectivity index (χ4v) is 2.30. The minimum absolute atomic E-state index is 0.226. The molecule has 2 aliphatic rings. The van der Waals surface area contributed by atoms with Crippen molar-refractivity contribution in [3.8, 4) is 0 Å². The number of fused-ring (bicyclic) bond motifs is 1. The third-order valence-corrected chi connectivity index (χ3v) is 3.10. The number of hydrogen-bond donors (Lipinski definition) is 0. The van der Waals surface area contributed by atoms with E-state index in [1.165, 1.54) is 5.57 Å². The zero-order chi connectivity index (χ0) is 8.77. The molecular weight excluding hydrogens is 148 g/mol. The van der Waals surface area contributed by atoms with Crippen molar-refractivity contribution in [3.63, 3.8) is 0 Å². The molecule has 64 valence electrons. The van der Waals surface area contributed by atoms with Crippen molar-refractivity contribution >= 4 is 5.78 Å². The second kappa shape index (κ2) is 2.32. The third-order valence-electron chi connectivity index (χ3n) is 3.10. The predicted octanol–water partition coefficient (Wildman–Crippen LogP) is 2.49. The van der Waals surface area contributed by atoms with Gasteiger partial charge in [-0.1, -0.05) is 30.7 Å². The Balaban J connectivity index is 2.46. The van der Waals surface area contributed by atoms with E-state index in [1.807, 2.05) is 13.8 Å². The van der Waals surface area contributed by atoms with Gasteiger partial charge in [0, 0.05) is 5.92 Å². The van der Waals surface area contributed by atoms with Crippen LogP contribution in [0.2, 0.25) is 0 Å². The standard InChI is InChI=1S/C11H14O/c1-8-7-9-5-3-4-6-11(9,2)10(8)12/h4-6,8H,3,7H2,1-2H3. The molecular formula is C11H14O. The Morgan fingerprint density at radius 2 is 2.33 bits per heavy atom. The van der Waals surface area contributed by atoms with E-state index in [1.54, 1.807) is 0 Å². The van der Waals surface area contributed by atoms with Crippen LogP contribution in [0, 0.1) is 11.3 Å². The van der Waals surface area contributed by atoms with E-state index in [9.17, 15) is 4.79 Å². The van der Waals surface area contributed by atoms with Gasteiger partial charge >= 0.3 is 0 Å². The van der Waals surface area contributed by atoms with E-state index >= 15 is 0 Å². The predicted molar refractivity (Wildman–Crippen MR) is 48.7 cm³/mol. The normalized spacial score (nSPS) is 39.7. The molecule has 1 fully saturated rings. The maximum absolute atomic E-state index is 11.8. The highest BCUT2D eigenvalue weighted by molar-refractivity contribution is 5.94. The SMILES string of the molecule is CC1CC2=CCC=CC2(C)C1=O. The summed E-state index contributed by atoms with van der Waals surface area (Å²) in [4.78, 5) is 11.8. The summed E-state index contributed by atoms with van der Waals surface area (Å²) < 4.78 is 0. The summed E-state index contributed by atoms with van der Waals surface area (Å²) in [5.41, 5.74) is 1.10. The first-order valence-electron chi connectivity index (χ1n) is 4.56. The Labute approximate surface area is 73.2 Å². The number of carbonyl (C=O) groups is 1. The average Bonchev–Trinajstić information content (AvgIpc) is 2.28. The van der Waals surface area contributed by atoms with Crippen molar-refractivity contribution in [1.29, 1.82) is 0 Å². The molecule has 1 saturated carbocycles. The van der Waals surface area contributed by atoms with E-state index in [4.69, 9.17) is 0 Å². The number of ketones is 1. The van der Waals surface area contributed by atoms with Crippen LogP contribution in [0.4, 0.5) is 0 Å². The molecule has 12 heavy (non-hydrogen) atoms. The van der Waals surface area contributed by atoms with E-state index < -0.39 is 0 Å². The van der Waals surface area contributed by atoms with Gasteiger partial charge in [0.25, 0.3) is 0 Å². The summed E-state index contributed by atoms with van der Waals surface area (Å²) >= 11 is 0. The molecule has 0 aromatic rings. The highest BCUT2D eigenvalue weighted by Crippen LogP contribution is 2.45. The van der Waals surface area contributed by atoms with Crippen LogP contribution in [-0.4, -0.2) is 5.78 Å². The van der Waals surface area contributed by atoms with Crippen molar-refractivity contribution < 1.29 is 4.79 Å². The van der Waals surface area contributed by atoms with Crippen LogP contribution in [0.5, 0.6) is 0 Å². The minimum Gasteiger partial charge on any atom is -0.298 e. The lowest BCUT2D eigenvalue weighted by Crippen LogP contribution is -2.24. The summed E-state index contributed by atoms with van der Waals surface area (Å²) in [6.07, 6.45) is 8.36. The van der Waals surface area contributed by atoms with Gasteiger partial charge in [-0.05, 0) is 19.8 Å². The second-order valence-electron chi connectivity index (χ2n) is 4.04. The molecule has 0 N–H and O–H groups in total. The van der Waals surface area contributed by atoms with Crippen LogP contribution in [0.25, 0.3) is 0 Å². The Kier molecular flexibility index (Phi) is 1.50. The summed E-state index contributed by atoms with van der Waals surface area (Å²) in [6, 6.07) is 0. The van der Waals surface area contributed by atoms with Crippen molar-refractivity contribution in [3.05, 3.63) is 23.8 Å². The van der Waals surface area contributed by atoms with Crippen molar-refractivity contribution in [2.75, 3.05) is 0 Å². The van der Waals surface area contributed by atoms with Gasteiger partial charge in [0.05, 0.1) is 5.41 Å². The van der Waals surface area contributed by atoms with Crippen LogP contribution >= 0.6 is 0 Å². The van der Waals surface area contributed by atoms with Gasteiger partial charge in [0.2, 0.25) is 0 Å². The van der Waals surface area contributed by atoms with E-state index in [0.717, 1.165) is 12.8 Å². The van der Waals surface area contributed by atoms with Crippen LogP contribution in [0.1, 0.15) is 26.7 Å². The molecule has 2 atom stereocenters. The summed E-state index contributed by atoms with van der Waals surface area (Å²) in [6.45, 7) is 4.07. The molecule has 0 radical (unpaired) electrons. The number of allylic oxidation sites excluding steroid dienone is 4. The number of carbonyl (C=O) groups excluding carboxylic acids is 1. The molecule has 2 rings (SSSR count). The van der Waals surface area contributed by atoms with Gasteiger partial charge in [0.1, 0.15) is 5.78 Å². The van der Waals surface area contributed by atoms with Crippen LogP contribution in [-0.2, 0) is 4.79 Å². The van der Waals surface area contributed by atoms with Crippen LogP contribution in [0.3, 0.4) is 0 Å². The molecule has 0 bridgehead atoms. The molecule has 2 unspecified atom stereocenters. The third kappa shape index (κ3) is 0.825. The zero-order valence-corrected chi connectivity index (χ0v) is 7.63. The lowest BCUT2D eigenvalue weighted by Gasteiger charge is -2.22. The molecule has 0 aromatic carbocycles. The fraction of sp³-hybridized carbons (Fsp3) is 0.545. The molecule has 0 aromatic heterocycles. The maximum Gasteiger partial charge on any atom is 0.149 e. The average molecular weight is 162 g/mol. The maximum atomic E-state index is 11.8. The summed E-state index contributed by atoms with van der Waals surface area (Å²) in [5, 5.41) is 0. The number of Topliss-reactive ketones (excluding diaryl/α,β-unsaturated/α-hetero) is 1. The molecule has 2 aliphatic carbocycles. The molecule has 1 nitrogen and oxygen atoms in total. The minimum atomic E-state index is -0.238. The quantitative estimate of drug-likeness (QED) is 0.500. The van der Waals surface area contributed by atoms with E-state index in [2.05, 4.69) is 18.2 Å². The largest absolute Gasteiger partial charge is 0.298 e. The first-order valence-corrected chi connectivity index (χ1v) is 4.56. The Morgan fingerprint density at radius 1 is 1.58 bits per heavy atom. The van der Waals surface area contributed by atoms with Gasteiger partial charge in [-0.3, -0.25) is 4.79 Å². The highest BCUT2D eigenvalue weighted by atomic mass is 16.1. The molecule has 0 amide bonds. The molecule has 0 saturated heterocycles. The topological polar surface area (TPSA) is 17.1 Å². The zero-order valence-electron chi connectivity index (χ0n) is 7.63. The first kappa shape index (κ1) is 7.78. The van der Waals surface area contributed by atoms with Crippen molar-refractivity contribution in [2.24, 2.45) is 11.3 Å². The lowest BCUT2D eigenvalue weighted by molar-refractivity contribution is -0.125. The number of hydrogen-bond acceptors (Lipinski definition) is 1. The Bertz CT molecular complexity index is 285. The molecule has 1 heteroatoms.